The highest BCUT2D eigenvalue weighted by molar-refractivity contribution is 6.33. The van der Waals surface area contributed by atoms with Gasteiger partial charge in [-0.2, -0.15) is 4.98 Å². The van der Waals surface area contributed by atoms with Crippen LogP contribution in [0, 0.1) is 0 Å². The van der Waals surface area contributed by atoms with E-state index < -0.39 is 36.8 Å². The Morgan fingerprint density at radius 2 is 2.20 bits per heavy atom. The smallest absolute Gasteiger partial charge is 0.348 e. The molecule has 9 nitrogen and oxygen atoms in total. The number of fused-ring (bicyclic) bond motifs is 1. The van der Waals surface area contributed by atoms with Crippen LogP contribution in [-0.2, 0) is 4.74 Å². The molecule has 0 radical (unpaired) electrons. The number of nitrogens with zero attached hydrogens (tertiary/aromatic N) is 3. The zero-order valence-electron chi connectivity index (χ0n) is 9.97. The summed E-state index contributed by atoms with van der Waals surface area (Å²) in [6.07, 6.45) is -3.19. The molecular formula is C10H11ClN4O5. The Kier molecular flexibility index (Phi) is 3.22. The molecule has 0 bridgehead atoms. The Bertz CT molecular complexity index is 701. The number of aromatic amines is 1. The monoisotopic (exact) mass is 302 g/mol. The average Bonchev–Trinajstić information content (AvgIpc) is 2.93. The molecule has 0 aromatic carbocycles. The zero-order chi connectivity index (χ0) is 14.4. The van der Waals surface area contributed by atoms with Crippen molar-refractivity contribution >= 4 is 22.8 Å². The van der Waals surface area contributed by atoms with Crippen molar-refractivity contribution in [1.29, 1.82) is 0 Å². The van der Waals surface area contributed by atoms with Gasteiger partial charge in [-0.3, -0.25) is 9.55 Å². The van der Waals surface area contributed by atoms with Crippen molar-refractivity contribution in [2.75, 3.05) is 6.61 Å². The van der Waals surface area contributed by atoms with Gasteiger partial charge in [-0.15, -0.1) is 0 Å². The first-order chi connectivity index (χ1) is 9.52. The van der Waals surface area contributed by atoms with Crippen LogP contribution >= 0.6 is 11.6 Å². The maximum absolute atomic E-state index is 11.4. The van der Waals surface area contributed by atoms with Gasteiger partial charge in [0.1, 0.15) is 29.0 Å². The van der Waals surface area contributed by atoms with E-state index in [1.165, 1.54) is 10.9 Å². The van der Waals surface area contributed by atoms with Crippen LogP contribution in [0.3, 0.4) is 0 Å². The van der Waals surface area contributed by atoms with E-state index in [4.69, 9.17) is 21.4 Å². The molecule has 4 N–H and O–H groups in total. The van der Waals surface area contributed by atoms with E-state index in [0.29, 0.717) is 0 Å². The Hall–Kier alpha value is -1.52. The van der Waals surface area contributed by atoms with Crippen LogP contribution in [0.15, 0.2) is 11.1 Å². The highest BCUT2D eigenvalue weighted by Crippen LogP contribution is 2.31. The topological polar surface area (TPSA) is 133 Å². The first kappa shape index (κ1) is 13.5. The number of H-pyrrole nitrogens is 1. The highest BCUT2D eigenvalue weighted by atomic mass is 35.5. The van der Waals surface area contributed by atoms with E-state index in [9.17, 15) is 15.0 Å². The molecule has 10 heteroatoms. The van der Waals surface area contributed by atoms with E-state index in [-0.39, 0.29) is 16.3 Å². The van der Waals surface area contributed by atoms with Crippen molar-refractivity contribution in [2.24, 2.45) is 0 Å². The number of hydrogen-bond acceptors (Lipinski definition) is 7. The Balaban J connectivity index is 2.09. The molecule has 3 rings (SSSR count). The van der Waals surface area contributed by atoms with E-state index in [0.717, 1.165) is 0 Å². The first-order valence-electron chi connectivity index (χ1n) is 5.77. The second-order valence-corrected chi connectivity index (χ2v) is 4.79. The standard InChI is InChI=1S/C10H11ClN4O5/c11-7-4-8(14-10(19)13-7)15(2-12-4)9-6(18)5(17)3(1-16)20-9/h2-3,5-6,9,16-18H,1H2,(H,13,14,19)/t3-,5-,6-,9-/m1/s1. The molecule has 1 fully saturated rings. The lowest BCUT2D eigenvalue weighted by molar-refractivity contribution is -0.0511. The predicted octanol–water partition coefficient (Wildman–Crippen LogP) is -1.62. The third kappa shape index (κ3) is 1.91. The number of aliphatic hydroxyl groups is 3. The van der Waals surface area contributed by atoms with Crippen LogP contribution in [0.5, 0.6) is 0 Å². The summed E-state index contributed by atoms with van der Waals surface area (Å²) in [6.45, 7) is -0.448. The summed E-state index contributed by atoms with van der Waals surface area (Å²) in [7, 11) is 0. The Labute approximate surface area is 116 Å². The lowest BCUT2D eigenvalue weighted by atomic mass is 10.1. The fourth-order valence-electron chi connectivity index (χ4n) is 2.19. The van der Waals surface area contributed by atoms with Gasteiger partial charge < -0.3 is 20.1 Å². The maximum Gasteiger partial charge on any atom is 0.348 e. The number of nitrogens with one attached hydrogen (secondary N) is 1. The largest absolute Gasteiger partial charge is 0.394 e. The van der Waals surface area contributed by atoms with Crippen molar-refractivity contribution in [3.8, 4) is 0 Å². The van der Waals surface area contributed by atoms with Crippen molar-refractivity contribution in [1.82, 2.24) is 19.5 Å². The van der Waals surface area contributed by atoms with Crippen molar-refractivity contribution in [3.05, 3.63) is 22.0 Å². The molecule has 1 aliphatic rings. The van der Waals surface area contributed by atoms with Gasteiger partial charge in [0.05, 0.1) is 12.9 Å². The minimum atomic E-state index is -1.29. The van der Waals surface area contributed by atoms with Gasteiger partial charge in [0.2, 0.25) is 0 Å². The van der Waals surface area contributed by atoms with Crippen LogP contribution in [-0.4, -0.2) is 59.8 Å². The second-order valence-electron chi connectivity index (χ2n) is 4.41. The summed E-state index contributed by atoms with van der Waals surface area (Å²) in [5.74, 6) is 0. The molecule has 1 saturated heterocycles. The fourth-order valence-corrected chi connectivity index (χ4v) is 2.41. The van der Waals surface area contributed by atoms with E-state index in [2.05, 4.69) is 15.0 Å². The lowest BCUT2D eigenvalue weighted by Gasteiger charge is -2.16. The molecule has 0 aliphatic carbocycles. The van der Waals surface area contributed by atoms with Gasteiger partial charge in [-0.05, 0) is 0 Å². The molecule has 2 aromatic heterocycles. The van der Waals surface area contributed by atoms with Crippen molar-refractivity contribution in [2.45, 2.75) is 24.5 Å². The minimum Gasteiger partial charge on any atom is -0.394 e. The lowest BCUT2D eigenvalue weighted by Crippen LogP contribution is -2.33. The average molecular weight is 303 g/mol. The van der Waals surface area contributed by atoms with Gasteiger partial charge >= 0.3 is 5.69 Å². The Morgan fingerprint density at radius 1 is 1.45 bits per heavy atom. The molecule has 108 valence electrons. The van der Waals surface area contributed by atoms with Gasteiger partial charge in [-0.1, -0.05) is 11.6 Å². The molecule has 4 atom stereocenters. The van der Waals surface area contributed by atoms with Gasteiger partial charge in [0.15, 0.2) is 11.9 Å². The molecule has 0 saturated carbocycles. The number of halogens is 1. The van der Waals surface area contributed by atoms with Crippen LogP contribution in [0.2, 0.25) is 5.15 Å². The number of hydrogen-bond donors (Lipinski definition) is 4. The number of rotatable bonds is 2. The summed E-state index contributed by atoms with van der Waals surface area (Å²) in [5.41, 5.74) is -0.311. The van der Waals surface area contributed by atoms with E-state index in [1.807, 2.05) is 0 Å². The summed E-state index contributed by atoms with van der Waals surface area (Å²) in [4.78, 5) is 21.3. The molecule has 3 heterocycles. The third-order valence-corrected chi connectivity index (χ3v) is 3.46. The van der Waals surface area contributed by atoms with Crippen molar-refractivity contribution < 1.29 is 20.1 Å². The fraction of sp³-hybridized carbons (Fsp3) is 0.500. The van der Waals surface area contributed by atoms with E-state index in [1.54, 1.807) is 0 Å². The number of imidazole rings is 1. The molecule has 20 heavy (non-hydrogen) atoms. The number of ether oxygens (including phenoxy) is 1. The third-order valence-electron chi connectivity index (χ3n) is 3.19. The molecule has 0 unspecified atom stereocenters. The second kappa shape index (κ2) is 4.79. The summed E-state index contributed by atoms with van der Waals surface area (Å²) < 4.78 is 6.64. The van der Waals surface area contributed by atoms with Gasteiger partial charge in [0, 0.05) is 0 Å². The van der Waals surface area contributed by atoms with Crippen LogP contribution in [0.1, 0.15) is 6.23 Å². The summed E-state index contributed by atoms with van der Waals surface area (Å²) in [6, 6.07) is 0. The highest BCUT2D eigenvalue weighted by Gasteiger charge is 2.44. The molecule has 2 aromatic rings. The van der Waals surface area contributed by atoms with E-state index >= 15 is 0 Å². The number of aliphatic hydroxyl groups excluding tert-OH is 3. The minimum absolute atomic E-state index is 0.0190. The van der Waals surface area contributed by atoms with Crippen molar-refractivity contribution in [3.63, 3.8) is 0 Å². The number of aromatic nitrogens is 4. The quantitative estimate of drug-likeness (QED) is 0.490. The zero-order valence-corrected chi connectivity index (χ0v) is 10.7. The Morgan fingerprint density at radius 3 is 2.85 bits per heavy atom. The first-order valence-corrected chi connectivity index (χ1v) is 6.15. The predicted molar refractivity (Wildman–Crippen MR) is 66.2 cm³/mol. The summed E-state index contributed by atoms with van der Waals surface area (Å²) >= 11 is 5.84. The maximum atomic E-state index is 11.4. The molecule has 0 spiro atoms. The summed E-state index contributed by atoms with van der Waals surface area (Å²) in [5, 5.41) is 28.7. The molecule has 1 aliphatic heterocycles. The van der Waals surface area contributed by atoms with Crippen LogP contribution in [0.25, 0.3) is 11.2 Å². The molecule has 0 amide bonds. The van der Waals surface area contributed by atoms with Gasteiger partial charge in [-0.25, -0.2) is 9.78 Å². The SMILES string of the molecule is O=c1nc2c(ncn2[C@@H]2O[C@H](CO)[C@@H](O)[C@H]2O)c(Cl)[nH]1. The normalized spacial score (nSPS) is 30.2. The molecular weight excluding hydrogens is 292 g/mol. The van der Waals surface area contributed by atoms with Crippen LogP contribution < -0.4 is 5.69 Å². The van der Waals surface area contributed by atoms with Crippen LogP contribution in [0.4, 0.5) is 0 Å². The van der Waals surface area contributed by atoms with Gasteiger partial charge in [0.25, 0.3) is 0 Å².